The molecule has 4 aromatic rings. The van der Waals surface area contributed by atoms with Crippen molar-refractivity contribution in [2.24, 2.45) is 12.5 Å². The minimum Gasteiger partial charge on any atom is -0.443 e. The summed E-state index contributed by atoms with van der Waals surface area (Å²) in [7, 11) is 1.60. The summed E-state index contributed by atoms with van der Waals surface area (Å²) in [5, 5.41) is 17.3. The van der Waals surface area contributed by atoms with Crippen molar-refractivity contribution in [1.82, 2.24) is 24.6 Å². The second-order valence-corrected chi connectivity index (χ2v) is 16.4. The number of nitrogens with zero attached hydrogens (tertiary/aromatic N) is 8. The molecular weight excluding hydrogens is 766 g/mol. The molecule has 306 valence electrons. The van der Waals surface area contributed by atoms with E-state index in [1.807, 2.05) is 6.07 Å². The first-order valence-electron chi connectivity index (χ1n) is 19.0. The van der Waals surface area contributed by atoms with Crippen LogP contribution < -0.4 is 9.80 Å². The summed E-state index contributed by atoms with van der Waals surface area (Å²) in [4.78, 5) is 37.0. The molecule has 0 bridgehead atoms. The van der Waals surface area contributed by atoms with Crippen LogP contribution in [-0.4, -0.2) is 61.9 Å². The lowest BCUT2D eigenvalue weighted by Gasteiger charge is -2.38. The molecule has 1 saturated carbocycles. The highest BCUT2D eigenvalue weighted by molar-refractivity contribution is 6.10. The van der Waals surface area contributed by atoms with Crippen LogP contribution in [0.3, 0.4) is 0 Å². The first-order valence-corrected chi connectivity index (χ1v) is 19.0. The fraction of sp³-hybridized carbons (Fsp3) is 0.463. The summed E-state index contributed by atoms with van der Waals surface area (Å²) in [6, 6.07) is 10.2. The highest BCUT2D eigenvalue weighted by atomic mass is 19.4. The van der Waals surface area contributed by atoms with Crippen LogP contribution in [0.1, 0.15) is 91.9 Å². The molecule has 2 aliphatic heterocycles. The van der Waals surface area contributed by atoms with Gasteiger partial charge in [-0.15, -0.1) is 10.2 Å². The number of pyridine rings is 1. The Morgan fingerprint density at radius 3 is 2.34 bits per heavy atom. The maximum atomic E-state index is 14.8. The largest absolute Gasteiger partial charge is 0.443 e. The molecule has 2 fully saturated rings. The number of ether oxygens (including phenoxy) is 1. The molecule has 58 heavy (non-hydrogen) atoms. The molecule has 0 N–H and O–H groups in total. The Kier molecular flexibility index (Phi) is 10.5. The SMILES string of the molecule is Cn1cnnc1-c1ccc(C(F)(F)F)cc1-c1cc(N(CCCC#N)C(=O)OC(C)(C)C)nc(N2Cc3c(cc(CN4CCC5(CCC5)C4)cc3C(F)(F)F)C2=O)c1. The zero-order valence-electron chi connectivity index (χ0n) is 32.5. The Morgan fingerprint density at radius 1 is 0.983 bits per heavy atom. The van der Waals surface area contributed by atoms with E-state index >= 15 is 0 Å². The number of carbonyl (C=O) groups excluding carboxylic acids is 2. The van der Waals surface area contributed by atoms with E-state index in [1.165, 1.54) is 35.2 Å². The normalized spacial score (nSPS) is 16.7. The third kappa shape index (κ3) is 8.25. The van der Waals surface area contributed by atoms with Crippen LogP contribution in [0.15, 0.2) is 48.8 Å². The highest BCUT2D eigenvalue weighted by Crippen LogP contribution is 2.49. The number of hydrogen-bond acceptors (Lipinski definition) is 8. The van der Waals surface area contributed by atoms with E-state index in [4.69, 9.17) is 4.74 Å². The van der Waals surface area contributed by atoms with E-state index in [-0.39, 0.29) is 76.6 Å². The van der Waals surface area contributed by atoms with Gasteiger partial charge in [0.05, 0.1) is 23.7 Å². The monoisotopic (exact) mass is 808 g/mol. The molecule has 17 heteroatoms. The van der Waals surface area contributed by atoms with Crippen molar-refractivity contribution < 1.29 is 40.7 Å². The summed E-state index contributed by atoms with van der Waals surface area (Å²) in [6.45, 7) is 5.97. The van der Waals surface area contributed by atoms with Gasteiger partial charge in [-0.1, -0.05) is 6.42 Å². The van der Waals surface area contributed by atoms with Gasteiger partial charge in [0.1, 0.15) is 23.6 Å². The number of carbonyl (C=O) groups is 2. The topological polar surface area (TPSA) is 120 Å². The van der Waals surface area contributed by atoms with E-state index in [1.54, 1.807) is 27.8 Å². The standard InChI is InChI=1S/C41H42F6N8O3/c1-38(2,3)58-37(57)54(14-6-5-13-48)33-18-26(29-20-27(40(42,43)44)8-9-28(29)35-51-49-24-52(35)4)19-34(50-33)55-22-31-30(36(55)56)16-25(17-32(31)41(45,46)47)21-53-15-12-39(23-53)10-7-11-39/h8-9,16-20,24H,5-7,10-12,14-15,21-23H2,1-4H3. The number of aryl methyl sites for hydroxylation is 1. The third-order valence-electron chi connectivity index (χ3n) is 11.0. The van der Waals surface area contributed by atoms with Gasteiger partial charge in [0.25, 0.3) is 5.91 Å². The molecule has 1 spiro atoms. The molecule has 0 unspecified atom stereocenters. The quantitative estimate of drug-likeness (QED) is 0.121. The summed E-state index contributed by atoms with van der Waals surface area (Å²) in [6.07, 6.45) is -4.66. The van der Waals surface area contributed by atoms with Crippen molar-refractivity contribution in [3.63, 3.8) is 0 Å². The lowest BCUT2D eigenvalue weighted by atomic mass is 9.68. The number of amides is 2. The Hall–Kier alpha value is -5.50. The number of fused-ring (bicyclic) bond motifs is 1. The lowest BCUT2D eigenvalue weighted by molar-refractivity contribution is -0.138. The molecule has 2 amide bonds. The molecule has 0 atom stereocenters. The Balaban J connectivity index is 1.38. The average Bonchev–Trinajstić information content (AvgIpc) is 3.85. The number of rotatable bonds is 9. The Labute approximate surface area is 331 Å². The predicted molar refractivity (Wildman–Crippen MR) is 201 cm³/mol. The van der Waals surface area contributed by atoms with Crippen molar-refractivity contribution in [1.29, 1.82) is 5.26 Å². The number of halogens is 6. The number of likely N-dealkylation sites (tertiary alicyclic amines) is 1. The van der Waals surface area contributed by atoms with E-state index in [9.17, 15) is 41.2 Å². The zero-order chi connectivity index (χ0) is 41.8. The van der Waals surface area contributed by atoms with Crippen LogP contribution in [0.5, 0.6) is 0 Å². The van der Waals surface area contributed by atoms with Crippen LogP contribution in [0.4, 0.5) is 42.8 Å². The first kappa shape index (κ1) is 40.7. The Bertz CT molecular complexity index is 2290. The molecular formula is C41H42F6N8O3. The number of anilines is 2. The van der Waals surface area contributed by atoms with Gasteiger partial charge in [0.15, 0.2) is 5.82 Å². The predicted octanol–water partition coefficient (Wildman–Crippen LogP) is 9.16. The molecule has 0 radical (unpaired) electrons. The number of aromatic nitrogens is 4. The average molecular weight is 809 g/mol. The van der Waals surface area contributed by atoms with Gasteiger partial charge in [0, 0.05) is 44.2 Å². The second-order valence-electron chi connectivity index (χ2n) is 16.4. The van der Waals surface area contributed by atoms with Crippen LogP contribution in [0.25, 0.3) is 22.5 Å². The Morgan fingerprint density at radius 2 is 1.74 bits per heavy atom. The van der Waals surface area contributed by atoms with Gasteiger partial charge in [-0.05, 0) is 123 Å². The van der Waals surface area contributed by atoms with Crippen LogP contribution >= 0.6 is 0 Å². The van der Waals surface area contributed by atoms with E-state index in [0.29, 0.717) is 5.56 Å². The molecule has 4 heterocycles. The number of alkyl halides is 6. The molecule has 1 aliphatic carbocycles. The summed E-state index contributed by atoms with van der Waals surface area (Å²) < 4.78 is 94.4. The number of benzene rings is 2. The fourth-order valence-corrected chi connectivity index (χ4v) is 8.05. The summed E-state index contributed by atoms with van der Waals surface area (Å²) in [5.41, 5.74) is -2.64. The van der Waals surface area contributed by atoms with Gasteiger partial charge in [-0.2, -0.15) is 31.6 Å². The lowest BCUT2D eigenvalue weighted by Crippen LogP contribution is -2.38. The fourth-order valence-electron chi connectivity index (χ4n) is 8.05. The molecule has 2 aromatic heterocycles. The second kappa shape index (κ2) is 15.0. The highest BCUT2D eigenvalue weighted by Gasteiger charge is 2.44. The van der Waals surface area contributed by atoms with Crippen molar-refractivity contribution in [3.8, 4) is 28.6 Å². The van der Waals surface area contributed by atoms with Crippen molar-refractivity contribution >= 4 is 23.6 Å². The van der Waals surface area contributed by atoms with Gasteiger partial charge < -0.3 is 9.30 Å². The first-order chi connectivity index (χ1) is 27.2. The van der Waals surface area contributed by atoms with E-state index < -0.39 is 47.6 Å². The van der Waals surface area contributed by atoms with Gasteiger partial charge in [0.2, 0.25) is 0 Å². The van der Waals surface area contributed by atoms with Crippen molar-refractivity contribution in [2.75, 3.05) is 29.4 Å². The van der Waals surface area contributed by atoms with Crippen LogP contribution in [-0.2, 0) is 37.2 Å². The molecule has 7 rings (SSSR count). The van der Waals surface area contributed by atoms with Gasteiger partial charge in [-0.25, -0.2) is 9.78 Å². The molecule has 2 aromatic carbocycles. The van der Waals surface area contributed by atoms with Gasteiger partial charge in [-0.3, -0.25) is 19.5 Å². The number of unbranched alkanes of at least 4 members (excludes halogenated alkanes) is 1. The zero-order valence-corrected chi connectivity index (χ0v) is 32.5. The summed E-state index contributed by atoms with van der Waals surface area (Å²) in [5.74, 6) is -0.985. The third-order valence-corrected chi connectivity index (χ3v) is 11.0. The van der Waals surface area contributed by atoms with E-state index in [0.717, 1.165) is 66.8 Å². The smallest absolute Gasteiger partial charge is 0.416 e. The number of nitriles is 1. The van der Waals surface area contributed by atoms with Crippen LogP contribution in [0, 0.1) is 16.7 Å². The summed E-state index contributed by atoms with van der Waals surface area (Å²) >= 11 is 0. The molecule has 1 saturated heterocycles. The minimum atomic E-state index is -4.81. The van der Waals surface area contributed by atoms with Crippen LogP contribution in [0.2, 0.25) is 0 Å². The number of hydrogen-bond donors (Lipinski definition) is 0. The maximum Gasteiger partial charge on any atom is 0.416 e. The van der Waals surface area contributed by atoms with Crippen molar-refractivity contribution in [3.05, 3.63) is 76.6 Å². The van der Waals surface area contributed by atoms with Gasteiger partial charge >= 0.3 is 18.4 Å². The minimum absolute atomic E-state index is 0.0245. The van der Waals surface area contributed by atoms with Crippen molar-refractivity contribution in [2.45, 2.75) is 90.3 Å². The van der Waals surface area contributed by atoms with E-state index in [2.05, 4.69) is 20.1 Å². The maximum absolute atomic E-state index is 14.8. The molecule has 11 nitrogen and oxygen atoms in total. The molecule has 3 aliphatic rings.